The summed E-state index contributed by atoms with van der Waals surface area (Å²) in [6.07, 6.45) is -0.556. The lowest BCUT2D eigenvalue weighted by Crippen LogP contribution is -2.17. The molecule has 1 atom stereocenters. The maximum atomic E-state index is 14.0. The molecule has 0 saturated carbocycles. The van der Waals surface area contributed by atoms with Gasteiger partial charge in [-0.2, -0.15) is 0 Å². The van der Waals surface area contributed by atoms with E-state index in [1.165, 1.54) is 30.0 Å². The van der Waals surface area contributed by atoms with Crippen LogP contribution in [0.4, 0.5) is 14.5 Å². The van der Waals surface area contributed by atoms with Gasteiger partial charge in [0.15, 0.2) is 28.7 Å². The van der Waals surface area contributed by atoms with Crippen LogP contribution in [0.25, 0.3) is 0 Å². The first kappa shape index (κ1) is 24.0. The van der Waals surface area contributed by atoms with E-state index in [1.54, 1.807) is 25.1 Å². The van der Waals surface area contributed by atoms with E-state index in [0.717, 1.165) is 6.07 Å². The fraction of sp³-hybridized carbons (Fsp3) is 0.318. The molecule has 1 amide bonds. The Morgan fingerprint density at radius 3 is 2.62 bits per heavy atom. The zero-order chi connectivity index (χ0) is 23.3. The number of nitrogens with zero attached hydrogens (tertiary/aromatic N) is 3. The average molecular weight is 481 g/mol. The van der Waals surface area contributed by atoms with Gasteiger partial charge in [-0.15, -0.1) is 10.2 Å². The summed E-state index contributed by atoms with van der Waals surface area (Å²) >= 11 is 7.16. The fourth-order valence-corrected chi connectivity index (χ4v) is 3.90. The second kappa shape index (κ2) is 10.8. The van der Waals surface area contributed by atoms with Crippen LogP contribution in [-0.2, 0) is 11.3 Å². The van der Waals surface area contributed by atoms with Gasteiger partial charge in [0, 0.05) is 6.54 Å². The number of hydrogen-bond donors (Lipinski definition) is 1. The first-order valence-corrected chi connectivity index (χ1v) is 11.3. The number of carbonyl (C=O) groups is 1. The van der Waals surface area contributed by atoms with E-state index in [0.29, 0.717) is 23.2 Å². The van der Waals surface area contributed by atoms with Crippen molar-refractivity contribution in [3.05, 3.63) is 64.9 Å². The maximum Gasteiger partial charge on any atom is 0.234 e. The van der Waals surface area contributed by atoms with Gasteiger partial charge in [-0.3, -0.25) is 4.79 Å². The van der Waals surface area contributed by atoms with Crippen LogP contribution in [0.2, 0.25) is 5.02 Å². The Balaban J connectivity index is 1.71. The number of thioether (sulfide) groups is 1. The number of rotatable bonds is 9. The molecular formula is C22H23ClF2N4O2S. The van der Waals surface area contributed by atoms with Crippen LogP contribution in [0.1, 0.15) is 32.7 Å². The number of aromatic nitrogens is 3. The highest BCUT2D eigenvalue weighted by Gasteiger charge is 2.22. The topological polar surface area (TPSA) is 69.0 Å². The third-order valence-corrected chi connectivity index (χ3v) is 5.61. The van der Waals surface area contributed by atoms with Gasteiger partial charge in [0.05, 0.1) is 16.5 Å². The van der Waals surface area contributed by atoms with Gasteiger partial charge in [-0.05, 0) is 43.2 Å². The Morgan fingerprint density at radius 2 is 1.94 bits per heavy atom. The number of hydrogen-bond acceptors (Lipinski definition) is 5. The quantitative estimate of drug-likeness (QED) is 0.396. The van der Waals surface area contributed by atoms with Crippen molar-refractivity contribution in [3.8, 4) is 5.75 Å². The summed E-state index contributed by atoms with van der Waals surface area (Å²) in [6, 6.07) is 9.92. The molecule has 6 nitrogen and oxygen atoms in total. The summed E-state index contributed by atoms with van der Waals surface area (Å²) < 4.78 is 34.8. The summed E-state index contributed by atoms with van der Waals surface area (Å²) in [7, 11) is 0. The first-order valence-electron chi connectivity index (χ1n) is 9.96. The first-order chi connectivity index (χ1) is 15.2. The molecule has 0 aliphatic carbocycles. The van der Waals surface area contributed by atoms with Crippen LogP contribution in [0, 0.1) is 17.6 Å². The van der Waals surface area contributed by atoms with Crippen molar-refractivity contribution in [1.29, 1.82) is 0 Å². The molecule has 32 heavy (non-hydrogen) atoms. The summed E-state index contributed by atoms with van der Waals surface area (Å²) in [5.74, 6) is -0.276. The minimum absolute atomic E-state index is 0.0481. The number of para-hydroxylation sites is 1. The van der Waals surface area contributed by atoms with Gasteiger partial charge in [0.2, 0.25) is 5.91 Å². The van der Waals surface area contributed by atoms with Crippen LogP contribution in [0.3, 0.4) is 0 Å². The molecular weight excluding hydrogens is 458 g/mol. The molecule has 2 aromatic carbocycles. The smallest absolute Gasteiger partial charge is 0.234 e. The Kier molecular flexibility index (Phi) is 8.09. The molecule has 0 spiro atoms. The Hall–Kier alpha value is -2.65. The molecule has 0 fully saturated rings. The Morgan fingerprint density at radius 1 is 1.19 bits per heavy atom. The molecule has 10 heteroatoms. The average Bonchev–Trinajstić information content (AvgIpc) is 3.12. The predicted molar refractivity (Wildman–Crippen MR) is 121 cm³/mol. The van der Waals surface area contributed by atoms with Gasteiger partial charge >= 0.3 is 0 Å². The molecule has 3 rings (SSSR count). The normalized spacial score (nSPS) is 12.1. The summed E-state index contributed by atoms with van der Waals surface area (Å²) in [6.45, 7) is 6.46. The summed E-state index contributed by atoms with van der Waals surface area (Å²) in [4.78, 5) is 12.4. The van der Waals surface area contributed by atoms with Crippen LogP contribution >= 0.6 is 23.4 Å². The van der Waals surface area contributed by atoms with Crippen molar-refractivity contribution in [1.82, 2.24) is 14.8 Å². The second-order valence-electron chi connectivity index (χ2n) is 7.50. The maximum absolute atomic E-state index is 14.0. The van der Waals surface area contributed by atoms with Crippen LogP contribution < -0.4 is 10.1 Å². The third-order valence-electron chi connectivity index (χ3n) is 4.33. The highest BCUT2D eigenvalue weighted by Crippen LogP contribution is 2.27. The van der Waals surface area contributed by atoms with Crippen molar-refractivity contribution in [2.75, 3.05) is 11.1 Å². The van der Waals surface area contributed by atoms with Gasteiger partial charge in [0.1, 0.15) is 5.82 Å². The molecule has 0 radical (unpaired) electrons. The van der Waals surface area contributed by atoms with Crippen LogP contribution in [0.5, 0.6) is 5.75 Å². The van der Waals surface area contributed by atoms with E-state index in [9.17, 15) is 13.6 Å². The number of carbonyl (C=O) groups excluding carboxylic acids is 1. The van der Waals surface area contributed by atoms with Crippen molar-refractivity contribution in [3.63, 3.8) is 0 Å². The minimum atomic E-state index is -0.556. The van der Waals surface area contributed by atoms with Crippen molar-refractivity contribution in [2.24, 2.45) is 5.92 Å². The second-order valence-corrected chi connectivity index (χ2v) is 8.85. The minimum Gasteiger partial charge on any atom is -0.480 e. The van der Waals surface area contributed by atoms with E-state index in [1.807, 2.05) is 18.4 Å². The largest absolute Gasteiger partial charge is 0.480 e. The van der Waals surface area contributed by atoms with Crippen LogP contribution in [0.15, 0.2) is 47.6 Å². The number of amides is 1. The lowest BCUT2D eigenvalue weighted by atomic mass is 10.2. The van der Waals surface area contributed by atoms with Crippen molar-refractivity contribution >= 4 is 35.0 Å². The zero-order valence-electron chi connectivity index (χ0n) is 17.8. The fourth-order valence-electron chi connectivity index (χ4n) is 2.93. The molecule has 0 aliphatic rings. The van der Waals surface area contributed by atoms with Crippen LogP contribution in [-0.4, -0.2) is 26.4 Å². The molecule has 1 N–H and O–H groups in total. The molecule has 170 valence electrons. The highest BCUT2D eigenvalue weighted by molar-refractivity contribution is 7.99. The molecule has 0 bridgehead atoms. The number of anilines is 1. The lowest BCUT2D eigenvalue weighted by Gasteiger charge is -2.18. The van der Waals surface area contributed by atoms with Gasteiger partial charge in [0.25, 0.3) is 0 Å². The third kappa shape index (κ3) is 6.20. The van der Waals surface area contributed by atoms with Crippen molar-refractivity contribution < 1.29 is 18.3 Å². The Labute approximate surface area is 194 Å². The van der Waals surface area contributed by atoms with E-state index in [4.69, 9.17) is 16.3 Å². The van der Waals surface area contributed by atoms with E-state index < -0.39 is 17.7 Å². The van der Waals surface area contributed by atoms with Gasteiger partial charge < -0.3 is 14.6 Å². The lowest BCUT2D eigenvalue weighted by molar-refractivity contribution is -0.113. The standard InChI is InChI=1S/C22H23ClF2N4O2S/c1-13(2)11-29-21(14(3)31-19-7-5-4-6-17(19)25)27-28-22(29)32-12-20(30)26-18-9-8-15(24)10-16(18)23/h4-10,13-14H,11-12H2,1-3H3,(H,26,30). The van der Waals surface area contributed by atoms with Gasteiger partial charge in [-0.25, -0.2) is 8.78 Å². The zero-order valence-corrected chi connectivity index (χ0v) is 19.4. The molecule has 3 aromatic rings. The number of benzene rings is 2. The van der Waals surface area contributed by atoms with Crippen molar-refractivity contribution in [2.45, 2.75) is 38.6 Å². The highest BCUT2D eigenvalue weighted by atomic mass is 35.5. The molecule has 1 heterocycles. The molecule has 0 saturated heterocycles. The summed E-state index contributed by atoms with van der Waals surface area (Å²) in [5.41, 5.74) is 0.329. The van der Waals surface area contributed by atoms with E-state index >= 15 is 0 Å². The Bertz CT molecular complexity index is 1090. The predicted octanol–water partition coefficient (Wildman–Crippen LogP) is 5.74. The summed E-state index contributed by atoms with van der Waals surface area (Å²) in [5, 5.41) is 11.8. The molecule has 0 aliphatic heterocycles. The molecule has 1 aromatic heterocycles. The number of nitrogens with one attached hydrogen (secondary N) is 1. The SMILES string of the molecule is CC(C)Cn1c(SCC(=O)Nc2ccc(F)cc2Cl)nnc1C(C)Oc1ccccc1F. The molecule has 1 unspecified atom stereocenters. The number of ether oxygens (including phenoxy) is 1. The van der Waals surface area contributed by atoms with E-state index in [2.05, 4.69) is 15.5 Å². The van der Waals surface area contributed by atoms with Gasteiger partial charge in [-0.1, -0.05) is 49.3 Å². The van der Waals surface area contributed by atoms with E-state index in [-0.39, 0.29) is 28.4 Å². The monoisotopic (exact) mass is 480 g/mol. The number of halogens is 3.